The van der Waals surface area contributed by atoms with Gasteiger partial charge in [0.25, 0.3) is 0 Å². The zero-order chi connectivity index (χ0) is 11.2. The van der Waals surface area contributed by atoms with Gasteiger partial charge in [-0.25, -0.2) is 0 Å². The van der Waals surface area contributed by atoms with Crippen LogP contribution in [0.3, 0.4) is 0 Å². The van der Waals surface area contributed by atoms with E-state index in [0.717, 1.165) is 6.42 Å². The lowest BCUT2D eigenvalue weighted by atomic mass is 10.1. The second-order valence-electron chi connectivity index (χ2n) is 4.77. The third-order valence-electron chi connectivity index (χ3n) is 3.56. The van der Waals surface area contributed by atoms with Gasteiger partial charge in [0.15, 0.2) is 0 Å². The largest absolute Gasteiger partial charge is 0.389 e. The van der Waals surface area contributed by atoms with Gasteiger partial charge < -0.3 is 10.1 Å². The van der Waals surface area contributed by atoms with Crippen LogP contribution in [-0.4, -0.2) is 19.3 Å². The zero-order valence-electron chi connectivity index (χ0n) is 10.2. The molecule has 2 aliphatic rings. The molecule has 1 saturated carbocycles. The summed E-state index contributed by atoms with van der Waals surface area (Å²) in [4.78, 5) is 0. The Hall–Kier alpha value is -0.760. The van der Waals surface area contributed by atoms with Crippen molar-refractivity contribution in [2.24, 2.45) is 0 Å². The van der Waals surface area contributed by atoms with Crippen molar-refractivity contribution in [3.63, 3.8) is 0 Å². The maximum atomic E-state index is 6.23. The van der Waals surface area contributed by atoms with Gasteiger partial charge in [-0.2, -0.15) is 0 Å². The Labute approximate surface area is 98.8 Å². The van der Waals surface area contributed by atoms with Gasteiger partial charge in [0.1, 0.15) is 6.10 Å². The number of ether oxygens (including phenoxy) is 1. The Morgan fingerprint density at radius 2 is 1.94 bits per heavy atom. The molecule has 1 unspecified atom stereocenters. The molecule has 1 fully saturated rings. The molecule has 2 aliphatic carbocycles. The van der Waals surface area contributed by atoms with Crippen molar-refractivity contribution < 1.29 is 4.74 Å². The fourth-order valence-electron chi connectivity index (χ4n) is 2.59. The van der Waals surface area contributed by atoms with Crippen LogP contribution in [0, 0.1) is 0 Å². The smallest absolute Gasteiger partial charge is 0.101 e. The molecule has 1 N–H and O–H groups in total. The molecule has 0 aliphatic heterocycles. The predicted molar refractivity (Wildman–Crippen MR) is 67.3 cm³/mol. The zero-order valence-corrected chi connectivity index (χ0v) is 10.2. The van der Waals surface area contributed by atoms with Gasteiger partial charge in [-0.15, -0.1) is 0 Å². The normalized spacial score (nSPS) is 27.3. The summed E-state index contributed by atoms with van der Waals surface area (Å²) in [6.07, 6.45) is 16.1. The fourth-order valence-corrected chi connectivity index (χ4v) is 2.59. The van der Waals surface area contributed by atoms with Crippen molar-refractivity contribution in [3.05, 3.63) is 23.9 Å². The Balaban J connectivity index is 1.88. The molecule has 1 atom stereocenters. The Morgan fingerprint density at radius 3 is 2.62 bits per heavy atom. The highest BCUT2D eigenvalue weighted by Crippen LogP contribution is 2.24. The van der Waals surface area contributed by atoms with Gasteiger partial charge in [0, 0.05) is 12.7 Å². The Kier molecular flexibility index (Phi) is 4.46. The molecule has 0 spiro atoms. The van der Waals surface area contributed by atoms with E-state index in [0.29, 0.717) is 6.10 Å². The van der Waals surface area contributed by atoms with Gasteiger partial charge in [-0.1, -0.05) is 37.8 Å². The van der Waals surface area contributed by atoms with E-state index in [9.17, 15) is 0 Å². The molecular weight excluding hydrogens is 198 g/mol. The van der Waals surface area contributed by atoms with Crippen LogP contribution in [0.15, 0.2) is 23.9 Å². The fraction of sp³-hybridized carbons (Fsp3) is 0.714. The SMILES string of the molecule is CNC1=CC=CCC1OC1CCCCCC1. The lowest BCUT2D eigenvalue weighted by Crippen LogP contribution is -2.29. The molecule has 0 heterocycles. The molecule has 0 amide bonds. The quantitative estimate of drug-likeness (QED) is 0.739. The van der Waals surface area contributed by atoms with Gasteiger partial charge in [0.05, 0.1) is 6.10 Å². The first kappa shape index (κ1) is 11.7. The first-order valence-corrected chi connectivity index (χ1v) is 6.60. The van der Waals surface area contributed by atoms with Gasteiger partial charge in [-0.05, 0) is 25.3 Å². The van der Waals surface area contributed by atoms with E-state index in [4.69, 9.17) is 4.74 Å². The summed E-state index contributed by atoms with van der Waals surface area (Å²) < 4.78 is 6.23. The highest BCUT2D eigenvalue weighted by Gasteiger charge is 2.21. The van der Waals surface area contributed by atoms with Crippen molar-refractivity contribution in [2.45, 2.75) is 57.2 Å². The third-order valence-corrected chi connectivity index (χ3v) is 3.56. The molecule has 0 aromatic heterocycles. The van der Waals surface area contributed by atoms with Crippen LogP contribution in [-0.2, 0) is 4.74 Å². The summed E-state index contributed by atoms with van der Waals surface area (Å²) in [6, 6.07) is 0. The molecule has 90 valence electrons. The van der Waals surface area contributed by atoms with E-state index in [1.807, 2.05) is 7.05 Å². The molecule has 0 saturated heterocycles. The van der Waals surface area contributed by atoms with E-state index < -0.39 is 0 Å². The summed E-state index contributed by atoms with van der Waals surface area (Å²) in [6.45, 7) is 0. The van der Waals surface area contributed by atoms with Crippen LogP contribution in [0.2, 0.25) is 0 Å². The van der Waals surface area contributed by atoms with Gasteiger partial charge >= 0.3 is 0 Å². The van der Waals surface area contributed by atoms with Crippen molar-refractivity contribution in [1.29, 1.82) is 0 Å². The maximum Gasteiger partial charge on any atom is 0.101 e. The topological polar surface area (TPSA) is 21.3 Å². The van der Waals surface area contributed by atoms with Crippen molar-refractivity contribution in [2.75, 3.05) is 7.05 Å². The molecule has 16 heavy (non-hydrogen) atoms. The summed E-state index contributed by atoms with van der Waals surface area (Å²) in [5.41, 5.74) is 1.23. The minimum absolute atomic E-state index is 0.262. The summed E-state index contributed by atoms with van der Waals surface area (Å²) in [5, 5.41) is 3.24. The van der Waals surface area contributed by atoms with E-state index >= 15 is 0 Å². The first-order chi connectivity index (χ1) is 7.90. The minimum Gasteiger partial charge on any atom is -0.389 e. The first-order valence-electron chi connectivity index (χ1n) is 6.60. The number of hydrogen-bond donors (Lipinski definition) is 1. The van der Waals surface area contributed by atoms with Crippen LogP contribution in [0.5, 0.6) is 0 Å². The molecule has 0 bridgehead atoms. The Bertz CT molecular complexity index is 262. The number of likely N-dealkylation sites (N-methyl/N-ethyl adjacent to an activating group) is 1. The summed E-state index contributed by atoms with van der Waals surface area (Å²) in [5.74, 6) is 0. The van der Waals surface area contributed by atoms with Crippen LogP contribution < -0.4 is 5.32 Å². The van der Waals surface area contributed by atoms with Crippen LogP contribution in [0.1, 0.15) is 44.9 Å². The average molecular weight is 221 g/mol. The molecule has 0 radical (unpaired) electrons. The lowest BCUT2D eigenvalue weighted by molar-refractivity contribution is -0.00220. The van der Waals surface area contributed by atoms with E-state index in [-0.39, 0.29) is 6.10 Å². The highest BCUT2D eigenvalue weighted by atomic mass is 16.5. The molecule has 2 nitrogen and oxygen atoms in total. The van der Waals surface area contributed by atoms with Crippen LogP contribution >= 0.6 is 0 Å². The molecular formula is C14H23NO. The average Bonchev–Trinajstić information content (AvgIpc) is 2.58. The standard InChI is InChI=1S/C14H23NO/c1-15-13-10-6-7-11-14(13)16-12-8-4-2-3-5-9-12/h6-7,10,12,14-15H,2-5,8-9,11H2,1H3. The number of rotatable bonds is 3. The molecule has 0 aromatic carbocycles. The monoisotopic (exact) mass is 221 g/mol. The number of allylic oxidation sites excluding steroid dienone is 2. The second kappa shape index (κ2) is 6.09. The molecule has 2 heteroatoms. The highest BCUT2D eigenvalue weighted by molar-refractivity contribution is 5.20. The van der Waals surface area contributed by atoms with E-state index in [1.165, 1.54) is 44.2 Å². The van der Waals surface area contributed by atoms with E-state index in [1.54, 1.807) is 0 Å². The summed E-state index contributed by atoms with van der Waals surface area (Å²) >= 11 is 0. The second-order valence-corrected chi connectivity index (χ2v) is 4.77. The van der Waals surface area contributed by atoms with Crippen molar-refractivity contribution in [3.8, 4) is 0 Å². The van der Waals surface area contributed by atoms with Crippen LogP contribution in [0.4, 0.5) is 0 Å². The Morgan fingerprint density at radius 1 is 1.19 bits per heavy atom. The number of nitrogens with one attached hydrogen (secondary N) is 1. The minimum atomic E-state index is 0.262. The predicted octanol–water partition coefficient (Wildman–Crippen LogP) is 3.16. The molecule has 2 rings (SSSR count). The summed E-state index contributed by atoms with van der Waals surface area (Å²) in [7, 11) is 1.98. The van der Waals surface area contributed by atoms with Gasteiger partial charge in [0.2, 0.25) is 0 Å². The van der Waals surface area contributed by atoms with Gasteiger partial charge in [-0.3, -0.25) is 0 Å². The van der Waals surface area contributed by atoms with Crippen molar-refractivity contribution in [1.82, 2.24) is 5.32 Å². The van der Waals surface area contributed by atoms with E-state index in [2.05, 4.69) is 23.5 Å². The third kappa shape index (κ3) is 3.11. The van der Waals surface area contributed by atoms with Crippen molar-refractivity contribution >= 4 is 0 Å². The molecule has 0 aromatic rings. The lowest BCUT2D eigenvalue weighted by Gasteiger charge is -2.26. The maximum absolute atomic E-state index is 6.23. The number of hydrogen-bond acceptors (Lipinski definition) is 2. The van der Waals surface area contributed by atoms with Crippen LogP contribution in [0.25, 0.3) is 0 Å².